The molecule has 0 aliphatic heterocycles. The highest BCUT2D eigenvalue weighted by atomic mass is 16.6. The standard InChI is InChI=1S/C14H18N2O4/c1-14(2,3)12(13(17)20-4)15-9-10-5-7-11(8-6-10)16(18)19/h5-9,12H,1-4H3/t12-/m1/s1. The molecule has 1 aromatic carbocycles. The highest BCUT2D eigenvalue weighted by Crippen LogP contribution is 2.23. The molecule has 108 valence electrons. The second kappa shape index (κ2) is 6.27. The Bertz CT molecular complexity index is 515. The number of ether oxygens (including phenoxy) is 1. The summed E-state index contributed by atoms with van der Waals surface area (Å²) < 4.78 is 4.74. The Morgan fingerprint density at radius 1 is 1.35 bits per heavy atom. The first-order chi connectivity index (χ1) is 9.25. The van der Waals surface area contributed by atoms with Crippen LogP contribution in [0.5, 0.6) is 0 Å². The molecule has 1 atom stereocenters. The number of aliphatic imine (C=N–C) groups is 1. The van der Waals surface area contributed by atoms with Gasteiger partial charge in [0, 0.05) is 18.3 Å². The van der Waals surface area contributed by atoms with E-state index in [9.17, 15) is 14.9 Å². The summed E-state index contributed by atoms with van der Waals surface area (Å²) in [5.74, 6) is -0.407. The van der Waals surface area contributed by atoms with Crippen molar-refractivity contribution in [3.8, 4) is 0 Å². The predicted molar refractivity (Wildman–Crippen MR) is 75.9 cm³/mol. The van der Waals surface area contributed by atoms with Gasteiger partial charge in [-0.1, -0.05) is 20.8 Å². The molecule has 0 bridgehead atoms. The van der Waals surface area contributed by atoms with Crippen molar-refractivity contribution in [1.82, 2.24) is 0 Å². The number of nitrogens with zero attached hydrogens (tertiary/aromatic N) is 2. The Morgan fingerprint density at radius 2 is 1.90 bits per heavy atom. The van der Waals surface area contributed by atoms with Crippen molar-refractivity contribution in [2.45, 2.75) is 26.8 Å². The van der Waals surface area contributed by atoms with Crippen molar-refractivity contribution in [1.29, 1.82) is 0 Å². The summed E-state index contributed by atoms with van der Waals surface area (Å²) in [4.78, 5) is 26.0. The lowest BCUT2D eigenvalue weighted by Gasteiger charge is -2.24. The SMILES string of the molecule is COC(=O)[C@@H](N=Cc1ccc([N+](=O)[O-])cc1)C(C)(C)C. The minimum atomic E-state index is -0.623. The fourth-order valence-electron chi connectivity index (χ4n) is 1.59. The van der Waals surface area contributed by atoms with Crippen LogP contribution in [0.15, 0.2) is 29.3 Å². The predicted octanol–water partition coefficient (Wildman–Crippen LogP) is 2.60. The van der Waals surface area contributed by atoms with Crippen LogP contribution in [-0.4, -0.2) is 30.3 Å². The van der Waals surface area contributed by atoms with Gasteiger partial charge in [0.25, 0.3) is 5.69 Å². The first-order valence-electron chi connectivity index (χ1n) is 6.11. The van der Waals surface area contributed by atoms with E-state index in [1.165, 1.54) is 25.5 Å². The molecular weight excluding hydrogens is 260 g/mol. The maximum atomic E-state index is 11.7. The lowest BCUT2D eigenvalue weighted by molar-refractivity contribution is -0.384. The molecule has 20 heavy (non-hydrogen) atoms. The molecule has 0 fully saturated rings. The third kappa shape index (κ3) is 4.15. The van der Waals surface area contributed by atoms with Gasteiger partial charge in [0.2, 0.25) is 0 Å². The van der Waals surface area contributed by atoms with Crippen LogP contribution in [0.2, 0.25) is 0 Å². The fraction of sp³-hybridized carbons (Fsp3) is 0.429. The molecule has 6 heteroatoms. The number of nitro benzene ring substituents is 1. The zero-order valence-corrected chi connectivity index (χ0v) is 12.0. The molecule has 0 aliphatic carbocycles. The summed E-state index contributed by atoms with van der Waals surface area (Å²) in [6.45, 7) is 5.67. The summed E-state index contributed by atoms with van der Waals surface area (Å²) in [5, 5.41) is 10.5. The maximum Gasteiger partial charge on any atom is 0.331 e. The highest BCUT2D eigenvalue weighted by Gasteiger charge is 2.31. The Kier molecular flexibility index (Phi) is 4.96. The van der Waals surface area contributed by atoms with E-state index in [1.54, 1.807) is 12.1 Å². The van der Waals surface area contributed by atoms with Crippen LogP contribution in [0, 0.1) is 15.5 Å². The topological polar surface area (TPSA) is 81.8 Å². The van der Waals surface area contributed by atoms with Crippen LogP contribution in [0.25, 0.3) is 0 Å². The summed E-state index contributed by atoms with van der Waals surface area (Å²) in [6.07, 6.45) is 1.52. The van der Waals surface area contributed by atoms with Crippen molar-refractivity contribution in [3.05, 3.63) is 39.9 Å². The van der Waals surface area contributed by atoms with Gasteiger partial charge in [0.1, 0.15) is 0 Å². The average molecular weight is 278 g/mol. The monoisotopic (exact) mass is 278 g/mol. The molecule has 0 aromatic heterocycles. The molecule has 0 amide bonds. The van der Waals surface area contributed by atoms with Gasteiger partial charge in [-0.2, -0.15) is 0 Å². The third-order valence-electron chi connectivity index (χ3n) is 2.72. The fourth-order valence-corrected chi connectivity index (χ4v) is 1.59. The van der Waals surface area contributed by atoms with Gasteiger partial charge >= 0.3 is 5.97 Å². The maximum absolute atomic E-state index is 11.7. The van der Waals surface area contributed by atoms with Crippen LogP contribution in [0.4, 0.5) is 5.69 Å². The zero-order chi connectivity index (χ0) is 15.3. The van der Waals surface area contributed by atoms with Crippen molar-refractivity contribution >= 4 is 17.9 Å². The lowest BCUT2D eigenvalue weighted by Crippen LogP contribution is -2.33. The van der Waals surface area contributed by atoms with Gasteiger partial charge in [-0.15, -0.1) is 0 Å². The molecule has 0 unspecified atom stereocenters. The van der Waals surface area contributed by atoms with E-state index in [4.69, 9.17) is 4.74 Å². The average Bonchev–Trinajstić information content (AvgIpc) is 2.37. The Hall–Kier alpha value is -2.24. The van der Waals surface area contributed by atoms with Gasteiger partial charge in [0.05, 0.1) is 12.0 Å². The van der Waals surface area contributed by atoms with E-state index in [2.05, 4.69) is 4.99 Å². The van der Waals surface area contributed by atoms with Crippen LogP contribution in [-0.2, 0) is 9.53 Å². The molecule has 0 spiro atoms. The molecule has 1 aromatic rings. The minimum absolute atomic E-state index is 0.0162. The number of hydrogen-bond acceptors (Lipinski definition) is 5. The van der Waals surface area contributed by atoms with Crippen molar-refractivity contribution in [3.63, 3.8) is 0 Å². The van der Waals surface area contributed by atoms with Gasteiger partial charge in [-0.3, -0.25) is 15.1 Å². The van der Waals surface area contributed by atoms with Crippen LogP contribution < -0.4 is 0 Å². The first kappa shape index (κ1) is 15.8. The number of methoxy groups -OCH3 is 1. The Labute approximate surface area is 117 Å². The van der Waals surface area contributed by atoms with E-state index in [0.717, 1.165) is 0 Å². The number of carbonyl (C=O) groups excluding carboxylic acids is 1. The molecule has 0 N–H and O–H groups in total. The lowest BCUT2D eigenvalue weighted by atomic mass is 9.87. The number of nitro groups is 1. The van der Waals surface area contributed by atoms with Gasteiger partial charge in [-0.05, 0) is 23.1 Å². The number of hydrogen-bond donors (Lipinski definition) is 0. The Balaban J connectivity index is 2.93. The van der Waals surface area contributed by atoms with E-state index in [0.29, 0.717) is 5.56 Å². The molecule has 0 aliphatic rings. The van der Waals surface area contributed by atoms with E-state index in [-0.39, 0.29) is 11.1 Å². The number of esters is 1. The second-order valence-electron chi connectivity index (χ2n) is 5.42. The van der Waals surface area contributed by atoms with Crippen molar-refractivity contribution < 1.29 is 14.5 Å². The summed E-state index contributed by atoms with van der Waals surface area (Å²) >= 11 is 0. The van der Waals surface area contributed by atoms with Crippen molar-refractivity contribution in [2.75, 3.05) is 7.11 Å². The van der Waals surface area contributed by atoms with Crippen LogP contribution in [0.3, 0.4) is 0 Å². The number of non-ortho nitro benzene ring substituents is 1. The summed E-state index contributed by atoms with van der Waals surface area (Å²) in [6, 6.07) is 5.33. The van der Waals surface area contributed by atoms with Crippen LogP contribution in [0.1, 0.15) is 26.3 Å². The quantitative estimate of drug-likeness (QED) is 0.367. The van der Waals surface area contributed by atoms with E-state index >= 15 is 0 Å². The van der Waals surface area contributed by atoms with Gasteiger partial charge < -0.3 is 4.74 Å². The van der Waals surface area contributed by atoms with Crippen molar-refractivity contribution in [2.24, 2.45) is 10.4 Å². The normalized spacial score (nSPS) is 13.2. The molecule has 1 rings (SSSR count). The largest absolute Gasteiger partial charge is 0.467 e. The van der Waals surface area contributed by atoms with E-state index in [1.807, 2.05) is 20.8 Å². The molecule has 0 saturated heterocycles. The Morgan fingerprint density at radius 3 is 2.30 bits per heavy atom. The van der Waals surface area contributed by atoms with Crippen LogP contribution >= 0.6 is 0 Å². The van der Waals surface area contributed by atoms with E-state index < -0.39 is 16.9 Å². The third-order valence-corrected chi connectivity index (χ3v) is 2.72. The second-order valence-corrected chi connectivity index (χ2v) is 5.42. The molecule has 6 nitrogen and oxygen atoms in total. The number of carbonyl (C=O) groups is 1. The molecule has 0 saturated carbocycles. The smallest absolute Gasteiger partial charge is 0.331 e. The molecular formula is C14H18N2O4. The summed E-state index contributed by atoms with van der Waals surface area (Å²) in [7, 11) is 1.32. The first-order valence-corrected chi connectivity index (χ1v) is 6.11. The zero-order valence-electron chi connectivity index (χ0n) is 12.0. The number of rotatable bonds is 4. The highest BCUT2D eigenvalue weighted by molar-refractivity contribution is 5.84. The van der Waals surface area contributed by atoms with Gasteiger partial charge in [0.15, 0.2) is 6.04 Å². The van der Waals surface area contributed by atoms with Gasteiger partial charge in [-0.25, -0.2) is 4.79 Å². The summed E-state index contributed by atoms with van der Waals surface area (Å²) in [5.41, 5.74) is 0.334. The number of benzene rings is 1. The molecule has 0 radical (unpaired) electrons. The minimum Gasteiger partial charge on any atom is -0.467 e. The molecule has 0 heterocycles.